The maximum absolute atomic E-state index is 12.3. The Morgan fingerprint density at radius 1 is 1.12 bits per heavy atom. The summed E-state index contributed by atoms with van der Waals surface area (Å²) >= 11 is 0. The molecule has 0 fully saturated rings. The number of nitrogens with one attached hydrogen (secondary N) is 1. The summed E-state index contributed by atoms with van der Waals surface area (Å²) in [4.78, 5) is 28.6. The summed E-state index contributed by atoms with van der Waals surface area (Å²) in [6, 6.07) is 3.83. The van der Waals surface area contributed by atoms with Crippen LogP contribution in [0.2, 0.25) is 0 Å². The zero-order valence-electron chi connectivity index (χ0n) is 14.4. The third-order valence-corrected chi connectivity index (χ3v) is 4.14. The standard InChI is InChI=1S/C18H22N2O4/c1-11-15(17(21)23-3)14(8-7-13-6-5-9-19-10-13)16(12(2)20-11)18(22)24-4/h5-6,9-10,14,20H,7-8H2,1-4H3. The topological polar surface area (TPSA) is 77.5 Å². The summed E-state index contributed by atoms with van der Waals surface area (Å²) in [5, 5.41) is 3.08. The van der Waals surface area contributed by atoms with Gasteiger partial charge in [-0.15, -0.1) is 0 Å². The summed E-state index contributed by atoms with van der Waals surface area (Å²) in [6.45, 7) is 3.61. The maximum Gasteiger partial charge on any atom is 0.336 e. The fourth-order valence-corrected chi connectivity index (χ4v) is 3.04. The number of dihydropyridines is 1. The van der Waals surface area contributed by atoms with Crippen molar-refractivity contribution in [1.29, 1.82) is 0 Å². The van der Waals surface area contributed by atoms with Crippen LogP contribution >= 0.6 is 0 Å². The van der Waals surface area contributed by atoms with E-state index in [1.54, 1.807) is 26.2 Å². The highest BCUT2D eigenvalue weighted by molar-refractivity contribution is 5.97. The molecule has 24 heavy (non-hydrogen) atoms. The largest absolute Gasteiger partial charge is 0.466 e. The number of hydrogen-bond acceptors (Lipinski definition) is 6. The Balaban J connectivity index is 2.37. The van der Waals surface area contributed by atoms with Crippen molar-refractivity contribution >= 4 is 11.9 Å². The van der Waals surface area contributed by atoms with Gasteiger partial charge in [-0.2, -0.15) is 0 Å². The fraction of sp³-hybridized carbons (Fsp3) is 0.389. The summed E-state index contributed by atoms with van der Waals surface area (Å²) in [6.07, 6.45) is 4.75. The number of nitrogens with zero attached hydrogens (tertiary/aromatic N) is 1. The highest BCUT2D eigenvalue weighted by Crippen LogP contribution is 2.34. The van der Waals surface area contributed by atoms with Gasteiger partial charge < -0.3 is 14.8 Å². The van der Waals surface area contributed by atoms with E-state index in [0.29, 0.717) is 35.4 Å². The minimum Gasteiger partial charge on any atom is -0.466 e. The molecule has 128 valence electrons. The number of carbonyl (C=O) groups excluding carboxylic acids is 2. The molecule has 0 atom stereocenters. The average molecular weight is 330 g/mol. The van der Waals surface area contributed by atoms with Crippen LogP contribution in [0.3, 0.4) is 0 Å². The molecule has 0 spiro atoms. The van der Waals surface area contributed by atoms with Crippen molar-refractivity contribution < 1.29 is 19.1 Å². The third-order valence-electron chi connectivity index (χ3n) is 4.14. The van der Waals surface area contributed by atoms with Crippen LogP contribution in [0.4, 0.5) is 0 Å². The molecular weight excluding hydrogens is 308 g/mol. The number of pyridine rings is 1. The van der Waals surface area contributed by atoms with Crippen molar-refractivity contribution in [2.75, 3.05) is 14.2 Å². The van der Waals surface area contributed by atoms with E-state index in [1.165, 1.54) is 14.2 Å². The first kappa shape index (κ1) is 17.7. The highest BCUT2D eigenvalue weighted by Gasteiger charge is 2.36. The first-order valence-electron chi connectivity index (χ1n) is 7.73. The molecule has 0 radical (unpaired) electrons. The molecule has 0 saturated heterocycles. The van der Waals surface area contributed by atoms with E-state index in [1.807, 2.05) is 12.1 Å². The number of esters is 2. The van der Waals surface area contributed by atoms with E-state index in [-0.39, 0.29) is 5.92 Å². The third kappa shape index (κ3) is 3.64. The van der Waals surface area contributed by atoms with Gasteiger partial charge in [-0.25, -0.2) is 9.59 Å². The predicted molar refractivity (Wildman–Crippen MR) is 88.6 cm³/mol. The van der Waals surface area contributed by atoms with E-state index >= 15 is 0 Å². The Hall–Kier alpha value is -2.63. The average Bonchev–Trinajstić information content (AvgIpc) is 2.59. The van der Waals surface area contributed by atoms with Gasteiger partial charge >= 0.3 is 11.9 Å². The monoisotopic (exact) mass is 330 g/mol. The number of methoxy groups -OCH3 is 2. The van der Waals surface area contributed by atoms with Crippen LogP contribution in [0.5, 0.6) is 0 Å². The lowest BCUT2D eigenvalue weighted by Crippen LogP contribution is -2.33. The zero-order valence-corrected chi connectivity index (χ0v) is 14.4. The van der Waals surface area contributed by atoms with Crippen molar-refractivity contribution in [2.24, 2.45) is 5.92 Å². The Morgan fingerprint density at radius 3 is 2.17 bits per heavy atom. The predicted octanol–water partition coefficient (Wildman–Crippen LogP) is 2.13. The van der Waals surface area contributed by atoms with Gasteiger partial charge in [0.2, 0.25) is 0 Å². The van der Waals surface area contributed by atoms with Gasteiger partial charge in [0.25, 0.3) is 0 Å². The van der Waals surface area contributed by atoms with E-state index in [4.69, 9.17) is 9.47 Å². The van der Waals surface area contributed by atoms with Crippen molar-refractivity contribution in [1.82, 2.24) is 10.3 Å². The lowest BCUT2D eigenvalue weighted by Gasteiger charge is -2.29. The molecule has 0 amide bonds. The number of aromatic nitrogens is 1. The minimum absolute atomic E-state index is 0.383. The van der Waals surface area contributed by atoms with Gasteiger partial charge in [-0.1, -0.05) is 6.07 Å². The first-order chi connectivity index (χ1) is 11.5. The normalized spacial score (nSPS) is 15.2. The molecule has 2 rings (SSSR count). The lowest BCUT2D eigenvalue weighted by molar-refractivity contribution is -0.137. The second-order valence-electron chi connectivity index (χ2n) is 5.64. The Kier molecular flexibility index (Phi) is 5.73. The molecule has 0 aliphatic carbocycles. The van der Waals surface area contributed by atoms with Crippen LogP contribution in [-0.2, 0) is 25.5 Å². The molecule has 1 aliphatic heterocycles. The highest BCUT2D eigenvalue weighted by atomic mass is 16.5. The minimum atomic E-state index is -0.440. The van der Waals surface area contributed by atoms with Crippen LogP contribution in [-0.4, -0.2) is 31.1 Å². The molecule has 6 heteroatoms. The lowest BCUT2D eigenvalue weighted by atomic mass is 9.81. The fourth-order valence-electron chi connectivity index (χ4n) is 3.04. The number of ether oxygens (including phenoxy) is 2. The molecule has 1 N–H and O–H groups in total. The van der Waals surface area contributed by atoms with Gasteiger partial charge in [0, 0.05) is 29.7 Å². The summed E-state index contributed by atoms with van der Waals surface area (Å²) < 4.78 is 9.83. The quantitative estimate of drug-likeness (QED) is 0.833. The number of carbonyl (C=O) groups is 2. The van der Waals surface area contributed by atoms with Crippen molar-refractivity contribution in [3.05, 3.63) is 52.6 Å². The van der Waals surface area contributed by atoms with Crippen LogP contribution in [0.1, 0.15) is 25.8 Å². The molecule has 2 heterocycles. The molecule has 6 nitrogen and oxygen atoms in total. The van der Waals surface area contributed by atoms with Crippen LogP contribution in [0.15, 0.2) is 47.1 Å². The van der Waals surface area contributed by atoms with E-state index in [2.05, 4.69) is 10.3 Å². The van der Waals surface area contributed by atoms with Gasteiger partial charge in [-0.05, 0) is 38.3 Å². The number of hydrogen-bond donors (Lipinski definition) is 1. The summed E-state index contributed by atoms with van der Waals surface area (Å²) in [7, 11) is 2.67. The first-order valence-corrected chi connectivity index (χ1v) is 7.73. The maximum atomic E-state index is 12.3. The van der Waals surface area contributed by atoms with Crippen LogP contribution < -0.4 is 5.32 Å². The van der Waals surface area contributed by atoms with E-state index < -0.39 is 11.9 Å². The molecule has 1 aromatic rings. The molecule has 0 saturated carbocycles. The molecule has 1 aromatic heterocycles. The smallest absolute Gasteiger partial charge is 0.336 e. The molecule has 0 unspecified atom stereocenters. The molecular formula is C18H22N2O4. The summed E-state index contributed by atoms with van der Waals surface area (Å²) in [5.41, 5.74) is 3.37. The Morgan fingerprint density at radius 2 is 1.71 bits per heavy atom. The van der Waals surface area contributed by atoms with E-state index in [0.717, 1.165) is 5.56 Å². The van der Waals surface area contributed by atoms with Gasteiger partial charge in [0.15, 0.2) is 0 Å². The summed E-state index contributed by atoms with van der Waals surface area (Å²) in [5.74, 6) is -1.26. The van der Waals surface area contributed by atoms with Crippen molar-refractivity contribution in [3.8, 4) is 0 Å². The molecule has 0 aromatic carbocycles. The number of rotatable bonds is 5. The van der Waals surface area contributed by atoms with Crippen LogP contribution in [0, 0.1) is 5.92 Å². The second kappa shape index (κ2) is 7.77. The van der Waals surface area contributed by atoms with Gasteiger partial charge in [-0.3, -0.25) is 4.98 Å². The van der Waals surface area contributed by atoms with E-state index in [9.17, 15) is 9.59 Å². The van der Waals surface area contributed by atoms with Crippen molar-refractivity contribution in [2.45, 2.75) is 26.7 Å². The Bertz CT molecular complexity index is 654. The van der Waals surface area contributed by atoms with Crippen molar-refractivity contribution in [3.63, 3.8) is 0 Å². The zero-order chi connectivity index (χ0) is 17.7. The molecule has 0 bridgehead atoms. The Labute approximate surface area is 141 Å². The SMILES string of the molecule is COC(=O)C1=C(C)NC(C)=C(C(=O)OC)C1CCc1cccnc1. The number of allylic oxidation sites excluding steroid dienone is 2. The second-order valence-corrected chi connectivity index (χ2v) is 5.64. The van der Waals surface area contributed by atoms with Gasteiger partial charge in [0.1, 0.15) is 0 Å². The van der Waals surface area contributed by atoms with Crippen LogP contribution in [0.25, 0.3) is 0 Å². The van der Waals surface area contributed by atoms with Gasteiger partial charge in [0.05, 0.1) is 25.4 Å². The number of aryl methyl sites for hydroxylation is 1. The molecule has 1 aliphatic rings.